The van der Waals surface area contributed by atoms with Crippen LogP contribution in [0.3, 0.4) is 0 Å². The highest BCUT2D eigenvalue weighted by Gasteiger charge is 2.22. The summed E-state index contributed by atoms with van der Waals surface area (Å²) in [6.45, 7) is 3.86. The third-order valence-electron chi connectivity index (χ3n) is 6.50. The Balaban J connectivity index is 1.49. The molecule has 0 aliphatic carbocycles. The summed E-state index contributed by atoms with van der Waals surface area (Å²) in [7, 11) is 1.66. The van der Waals surface area contributed by atoms with Crippen LogP contribution in [-0.2, 0) is 11.3 Å². The van der Waals surface area contributed by atoms with Crippen molar-refractivity contribution in [3.63, 3.8) is 0 Å². The first-order valence-electron chi connectivity index (χ1n) is 12.0. The third-order valence-corrected chi connectivity index (χ3v) is 7.70. The molecule has 186 valence electrons. The van der Waals surface area contributed by atoms with Crippen LogP contribution in [0.1, 0.15) is 34.5 Å². The van der Waals surface area contributed by atoms with Gasteiger partial charge >= 0.3 is 0 Å². The van der Waals surface area contributed by atoms with Gasteiger partial charge in [0.05, 0.1) is 35.2 Å². The van der Waals surface area contributed by atoms with E-state index in [0.717, 1.165) is 58.4 Å². The van der Waals surface area contributed by atoms with Gasteiger partial charge in [0.2, 0.25) is 0 Å². The number of ether oxygens (including phenoxy) is 2. The predicted octanol–water partition coefficient (Wildman–Crippen LogP) is 6.21. The molecule has 1 aliphatic rings. The second-order valence-corrected chi connectivity index (χ2v) is 10.1. The number of hydrogen-bond donors (Lipinski definition) is 1. The highest BCUT2D eigenvalue weighted by molar-refractivity contribution is 7.13. The summed E-state index contributed by atoms with van der Waals surface area (Å²) in [6.07, 6.45) is 2.11. The van der Waals surface area contributed by atoms with Gasteiger partial charge < -0.3 is 19.4 Å². The van der Waals surface area contributed by atoms with E-state index in [1.807, 2.05) is 66.9 Å². The lowest BCUT2D eigenvalue weighted by atomic mass is 10.2. The van der Waals surface area contributed by atoms with Crippen LogP contribution in [0.15, 0.2) is 60.0 Å². The molecule has 0 radical (unpaired) electrons. The van der Waals surface area contributed by atoms with Gasteiger partial charge in [0.15, 0.2) is 0 Å². The zero-order chi connectivity index (χ0) is 25.1. The van der Waals surface area contributed by atoms with E-state index >= 15 is 0 Å². The van der Waals surface area contributed by atoms with Crippen LogP contribution < -0.4 is 10.1 Å². The Morgan fingerprint density at radius 1 is 1.25 bits per heavy atom. The van der Waals surface area contributed by atoms with Crippen molar-refractivity contribution >= 4 is 28.8 Å². The average Bonchev–Trinajstić information content (AvgIpc) is 3.65. The predicted molar refractivity (Wildman–Crippen MR) is 144 cm³/mol. The molecule has 6 nitrogen and oxygen atoms in total. The Hall–Kier alpha value is -3.13. The molecule has 1 fully saturated rings. The fourth-order valence-electron chi connectivity index (χ4n) is 4.46. The average molecular weight is 522 g/mol. The van der Waals surface area contributed by atoms with Crippen LogP contribution in [0, 0.1) is 6.92 Å². The van der Waals surface area contributed by atoms with E-state index in [4.69, 9.17) is 26.1 Å². The molecule has 1 saturated heterocycles. The summed E-state index contributed by atoms with van der Waals surface area (Å²) in [6, 6.07) is 17.6. The standard InChI is InChI=1S/C28H28ClN3O3S/c1-18-23(27(33)30-15-21-6-5-13-35-21)14-26(32(18)16-19-9-11-20(34-2)12-10-19)25-17-36-28(31-25)22-7-3-4-8-24(22)29/h3-4,7-12,14,17,21H,5-6,13,15-16H2,1-2H3,(H,30,33). The summed E-state index contributed by atoms with van der Waals surface area (Å²) >= 11 is 7.96. The number of thiazole rings is 1. The normalized spacial score (nSPS) is 15.2. The van der Waals surface area contributed by atoms with Gasteiger partial charge in [-0.2, -0.15) is 0 Å². The summed E-state index contributed by atoms with van der Waals surface area (Å²) in [5, 5.41) is 6.59. The molecule has 1 unspecified atom stereocenters. The van der Waals surface area contributed by atoms with Gasteiger partial charge in [-0.15, -0.1) is 11.3 Å². The Labute approximate surface area is 219 Å². The van der Waals surface area contributed by atoms with Crippen molar-refractivity contribution < 1.29 is 14.3 Å². The number of hydrogen-bond acceptors (Lipinski definition) is 5. The number of halogens is 1. The maximum Gasteiger partial charge on any atom is 0.253 e. The van der Waals surface area contributed by atoms with Gasteiger partial charge in [-0.05, 0) is 49.6 Å². The summed E-state index contributed by atoms with van der Waals surface area (Å²) in [4.78, 5) is 18.1. The van der Waals surface area contributed by atoms with E-state index < -0.39 is 0 Å². The molecule has 3 heterocycles. The second-order valence-electron chi connectivity index (χ2n) is 8.83. The van der Waals surface area contributed by atoms with Crippen molar-refractivity contribution in [2.45, 2.75) is 32.4 Å². The maximum atomic E-state index is 13.2. The Morgan fingerprint density at radius 2 is 2.06 bits per heavy atom. The molecule has 2 aromatic carbocycles. The molecule has 0 bridgehead atoms. The summed E-state index contributed by atoms with van der Waals surface area (Å²) < 4.78 is 13.1. The zero-order valence-corrected chi connectivity index (χ0v) is 21.9. The van der Waals surface area contributed by atoms with Crippen LogP contribution >= 0.6 is 22.9 Å². The number of carbonyl (C=O) groups excluding carboxylic acids is 1. The van der Waals surface area contributed by atoms with E-state index in [1.165, 1.54) is 11.3 Å². The number of amides is 1. The topological polar surface area (TPSA) is 65.4 Å². The van der Waals surface area contributed by atoms with E-state index in [0.29, 0.717) is 23.7 Å². The third kappa shape index (κ3) is 5.19. The number of nitrogens with one attached hydrogen (secondary N) is 1. The van der Waals surface area contributed by atoms with Crippen LogP contribution in [-0.4, -0.2) is 41.8 Å². The minimum absolute atomic E-state index is 0.0897. The van der Waals surface area contributed by atoms with Crippen LogP contribution in [0.25, 0.3) is 22.0 Å². The smallest absolute Gasteiger partial charge is 0.253 e. The zero-order valence-electron chi connectivity index (χ0n) is 20.3. The van der Waals surface area contributed by atoms with Crippen molar-refractivity contribution in [1.29, 1.82) is 0 Å². The summed E-state index contributed by atoms with van der Waals surface area (Å²) in [5.41, 5.74) is 5.23. The highest BCUT2D eigenvalue weighted by Crippen LogP contribution is 2.35. The molecule has 0 saturated carbocycles. The molecule has 1 N–H and O–H groups in total. The van der Waals surface area contributed by atoms with Crippen molar-refractivity contribution in [3.8, 4) is 27.7 Å². The molecule has 1 atom stereocenters. The van der Waals surface area contributed by atoms with Gasteiger partial charge in [0.25, 0.3) is 5.91 Å². The number of nitrogens with zero attached hydrogens (tertiary/aromatic N) is 2. The van der Waals surface area contributed by atoms with E-state index in [1.54, 1.807) is 7.11 Å². The van der Waals surface area contributed by atoms with E-state index in [2.05, 4.69) is 9.88 Å². The molecule has 4 aromatic rings. The number of rotatable bonds is 8. The van der Waals surface area contributed by atoms with Gasteiger partial charge in [-0.25, -0.2) is 4.98 Å². The molecular weight excluding hydrogens is 494 g/mol. The van der Waals surface area contributed by atoms with Gasteiger partial charge in [0.1, 0.15) is 10.8 Å². The minimum atomic E-state index is -0.0979. The molecule has 8 heteroatoms. The van der Waals surface area contributed by atoms with Crippen molar-refractivity contribution in [1.82, 2.24) is 14.9 Å². The Morgan fingerprint density at radius 3 is 2.78 bits per heavy atom. The number of aromatic nitrogens is 2. The maximum absolute atomic E-state index is 13.2. The SMILES string of the molecule is COc1ccc(Cn2c(-c3csc(-c4ccccc4Cl)n3)cc(C(=O)NCC3CCCO3)c2C)cc1. The van der Waals surface area contributed by atoms with Gasteiger partial charge in [-0.3, -0.25) is 4.79 Å². The van der Waals surface area contributed by atoms with Crippen molar-refractivity contribution in [2.75, 3.05) is 20.3 Å². The number of benzene rings is 2. The fourth-order valence-corrected chi connectivity index (χ4v) is 5.60. The number of methoxy groups -OCH3 is 1. The molecule has 0 spiro atoms. The fraction of sp³-hybridized carbons (Fsp3) is 0.286. The van der Waals surface area contributed by atoms with E-state index in [-0.39, 0.29) is 12.0 Å². The Kier molecular flexibility index (Phi) is 7.41. The molecule has 1 aliphatic heterocycles. The second kappa shape index (κ2) is 10.9. The molecule has 1 amide bonds. The quantitative estimate of drug-likeness (QED) is 0.299. The lowest BCUT2D eigenvalue weighted by Gasteiger charge is -2.13. The first kappa shape index (κ1) is 24.6. The first-order chi connectivity index (χ1) is 17.5. The van der Waals surface area contributed by atoms with Crippen LogP contribution in [0.5, 0.6) is 5.75 Å². The van der Waals surface area contributed by atoms with Gasteiger partial charge in [0, 0.05) is 36.3 Å². The van der Waals surface area contributed by atoms with Crippen molar-refractivity contribution in [3.05, 3.63) is 81.8 Å². The molecule has 5 rings (SSSR count). The van der Waals surface area contributed by atoms with E-state index in [9.17, 15) is 4.79 Å². The highest BCUT2D eigenvalue weighted by atomic mass is 35.5. The largest absolute Gasteiger partial charge is 0.497 e. The van der Waals surface area contributed by atoms with Crippen LogP contribution in [0.2, 0.25) is 5.02 Å². The van der Waals surface area contributed by atoms with Gasteiger partial charge in [-0.1, -0.05) is 41.9 Å². The minimum Gasteiger partial charge on any atom is -0.497 e. The number of carbonyl (C=O) groups is 1. The van der Waals surface area contributed by atoms with Crippen molar-refractivity contribution in [2.24, 2.45) is 0 Å². The molecule has 2 aromatic heterocycles. The molecular formula is C28H28ClN3O3S. The Bertz CT molecular complexity index is 1360. The summed E-state index contributed by atoms with van der Waals surface area (Å²) in [5.74, 6) is 0.709. The molecule has 36 heavy (non-hydrogen) atoms. The first-order valence-corrected chi connectivity index (χ1v) is 13.2. The monoisotopic (exact) mass is 521 g/mol. The lowest BCUT2D eigenvalue weighted by Crippen LogP contribution is -2.32. The lowest BCUT2D eigenvalue weighted by molar-refractivity contribution is 0.0857. The van der Waals surface area contributed by atoms with Crippen LogP contribution in [0.4, 0.5) is 0 Å².